The van der Waals surface area contributed by atoms with Gasteiger partial charge < -0.3 is 4.74 Å². The van der Waals surface area contributed by atoms with Crippen LogP contribution in [0, 0.1) is 0 Å². The van der Waals surface area contributed by atoms with Crippen molar-refractivity contribution in [1.29, 1.82) is 0 Å². The highest BCUT2D eigenvalue weighted by molar-refractivity contribution is 5.93. The molecule has 32 heavy (non-hydrogen) atoms. The summed E-state index contributed by atoms with van der Waals surface area (Å²) in [6, 6.07) is 20.5. The van der Waals surface area contributed by atoms with Crippen LogP contribution in [0.25, 0.3) is 17.7 Å². The second-order valence-electron chi connectivity index (χ2n) is 8.31. The number of nitrogens with zero attached hydrogens (tertiary/aromatic N) is 2. The number of hydrogen-bond donors (Lipinski definition) is 0. The van der Waals surface area contributed by atoms with Crippen molar-refractivity contribution in [2.75, 3.05) is 20.2 Å². The van der Waals surface area contributed by atoms with E-state index in [2.05, 4.69) is 53.5 Å². The van der Waals surface area contributed by atoms with Gasteiger partial charge in [-0.15, -0.1) is 0 Å². The summed E-state index contributed by atoms with van der Waals surface area (Å²) >= 11 is 0. The summed E-state index contributed by atoms with van der Waals surface area (Å²) in [4.78, 5) is 19.1. The Labute approximate surface area is 188 Å². The van der Waals surface area contributed by atoms with Crippen LogP contribution in [0.15, 0.2) is 72.4 Å². The Balaban J connectivity index is 1.41. The fourth-order valence-corrected chi connectivity index (χ4v) is 4.70. The number of methoxy groups -OCH3 is 1. The third-order valence-corrected chi connectivity index (χ3v) is 6.32. The highest BCUT2D eigenvalue weighted by Crippen LogP contribution is 2.37. The minimum Gasteiger partial charge on any atom is -0.465 e. The maximum absolute atomic E-state index is 11.9. The molecule has 3 aromatic rings. The Morgan fingerprint density at radius 3 is 2.59 bits per heavy atom. The van der Waals surface area contributed by atoms with Crippen LogP contribution in [-0.2, 0) is 11.3 Å². The van der Waals surface area contributed by atoms with E-state index in [1.807, 2.05) is 24.4 Å². The lowest BCUT2D eigenvalue weighted by Gasteiger charge is -2.30. The standard InChI is InChI=1S/C28H26N2O2/c1-32-28(31)24-8-4-6-20(18-24)19-30-16-13-22(14-17-30)26-25-10-3-2-7-21(25)11-12-23-9-5-15-29-27(23)26/h2-12,15,18H,13-14,16-17,19H2,1H3. The van der Waals surface area contributed by atoms with Crippen LogP contribution in [0.1, 0.15) is 51.1 Å². The van der Waals surface area contributed by atoms with Crippen LogP contribution in [0.2, 0.25) is 0 Å². The molecule has 0 unspecified atom stereocenters. The third kappa shape index (κ3) is 4.02. The molecule has 0 saturated carbocycles. The average Bonchev–Trinajstić information content (AvgIpc) is 3.01. The molecular formula is C28H26N2O2. The summed E-state index contributed by atoms with van der Waals surface area (Å²) in [5, 5.41) is 0. The van der Waals surface area contributed by atoms with Crippen molar-refractivity contribution in [1.82, 2.24) is 9.88 Å². The highest BCUT2D eigenvalue weighted by Gasteiger charge is 2.23. The van der Waals surface area contributed by atoms with Gasteiger partial charge in [-0.3, -0.25) is 9.88 Å². The lowest BCUT2D eigenvalue weighted by molar-refractivity contribution is 0.0600. The fourth-order valence-electron chi connectivity index (χ4n) is 4.70. The molecule has 0 amide bonds. The topological polar surface area (TPSA) is 42.4 Å². The van der Waals surface area contributed by atoms with Gasteiger partial charge in [0.2, 0.25) is 0 Å². The number of pyridine rings is 1. The number of carbonyl (C=O) groups is 1. The first-order valence-corrected chi connectivity index (χ1v) is 11.1. The Morgan fingerprint density at radius 2 is 1.75 bits per heavy atom. The van der Waals surface area contributed by atoms with Gasteiger partial charge in [0, 0.05) is 37.0 Å². The van der Waals surface area contributed by atoms with E-state index in [0.29, 0.717) is 5.56 Å². The van der Waals surface area contributed by atoms with Gasteiger partial charge >= 0.3 is 5.97 Å². The van der Waals surface area contributed by atoms with Crippen molar-refractivity contribution in [3.63, 3.8) is 0 Å². The quantitative estimate of drug-likeness (QED) is 0.412. The monoisotopic (exact) mass is 422 g/mol. The zero-order valence-electron chi connectivity index (χ0n) is 18.3. The molecule has 1 fully saturated rings. The predicted molar refractivity (Wildman–Crippen MR) is 128 cm³/mol. The molecule has 1 aromatic heterocycles. The van der Waals surface area contributed by atoms with Crippen LogP contribution < -0.4 is 0 Å². The smallest absolute Gasteiger partial charge is 0.337 e. The molecule has 4 heteroatoms. The molecule has 0 N–H and O–H groups in total. The summed E-state index contributed by atoms with van der Waals surface area (Å²) in [6.07, 6.45) is 8.29. The lowest BCUT2D eigenvalue weighted by atomic mass is 9.88. The Bertz CT molecular complexity index is 1160. The molecular weight excluding hydrogens is 396 g/mol. The number of benzene rings is 2. The van der Waals surface area contributed by atoms with E-state index in [4.69, 9.17) is 9.72 Å². The minimum atomic E-state index is -0.288. The minimum absolute atomic E-state index is 0.288. The van der Waals surface area contributed by atoms with E-state index in [0.717, 1.165) is 43.7 Å². The van der Waals surface area contributed by atoms with Gasteiger partial charge in [-0.25, -0.2) is 4.79 Å². The van der Waals surface area contributed by atoms with Gasteiger partial charge in [-0.05, 0) is 47.7 Å². The zero-order chi connectivity index (χ0) is 21.9. The van der Waals surface area contributed by atoms with Crippen molar-refractivity contribution >= 4 is 23.7 Å². The second kappa shape index (κ2) is 8.93. The Morgan fingerprint density at radius 1 is 0.969 bits per heavy atom. The van der Waals surface area contributed by atoms with Crippen LogP contribution in [0.4, 0.5) is 0 Å². The fraction of sp³-hybridized carbons (Fsp3) is 0.214. The number of likely N-dealkylation sites (tertiary alicyclic amines) is 1. The molecule has 160 valence electrons. The van der Waals surface area contributed by atoms with Crippen molar-refractivity contribution < 1.29 is 9.53 Å². The van der Waals surface area contributed by atoms with E-state index in [1.54, 1.807) is 6.07 Å². The maximum atomic E-state index is 11.9. The van der Waals surface area contributed by atoms with E-state index < -0.39 is 0 Å². The second-order valence-corrected chi connectivity index (χ2v) is 8.31. The number of aromatic nitrogens is 1. The number of ether oxygens (including phenoxy) is 1. The van der Waals surface area contributed by atoms with E-state index in [1.165, 1.54) is 34.9 Å². The SMILES string of the molecule is COC(=O)c1cccc(CN2CCC(=C3c4ccccc4C=Cc4cccnc43)CC2)c1. The first-order valence-electron chi connectivity index (χ1n) is 11.1. The van der Waals surface area contributed by atoms with Crippen molar-refractivity contribution in [2.45, 2.75) is 19.4 Å². The van der Waals surface area contributed by atoms with Gasteiger partial charge in [-0.2, -0.15) is 0 Å². The molecule has 1 aliphatic carbocycles. The molecule has 4 nitrogen and oxygen atoms in total. The first-order chi connectivity index (χ1) is 15.7. The summed E-state index contributed by atoms with van der Waals surface area (Å²) < 4.78 is 4.86. The molecule has 0 radical (unpaired) electrons. The van der Waals surface area contributed by atoms with Gasteiger partial charge in [0.25, 0.3) is 0 Å². The molecule has 2 aromatic carbocycles. The summed E-state index contributed by atoms with van der Waals surface area (Å²) in [5.41, 5.74) is 9.30. The van der Waals surface area contributed by atoms with Gasteiger partial charge in [0.15, 0.2) is 0 Å². The van der Waals surface area contributed by atoms with E-state index >= 15 is 0 Å². The Hall–Kier alpha value is -3.50. The number of fused-ring (bicyclic) bond motifs is 2. The average molecular weight is 423 g/mol. The van der Waals surface area contributed by atoms with Crippen LogP contribution >= 0.6 is 0 Å². The van der Waals surface area contributed by atoms with Gasteiger partial charge in [-0.1, -0.05) is 60.2 Å². The third-order valence-electron chi connectivity index (χ3n) is 6.32. The zero-order valence-corrected chi connectivity index (χ0v) is 18.3. The molecule has 5 rings (SSSR count). The maximum Gasteiger partial charge on any atom is 0.337 e. The number of carbonyl (C=O) groups excluding carboxylic acids is 1. The normalized spacial score (nSPS) is 15.7. The number of rotatable bonds is 3. The van der Waals surface area contributed by atoms with E-state index in [-0.39, 0.29) is 5.97 Å². The van der Waals surface area contributed by atoms with Crippen molar-refractivity contribution in [2.24, 2.45) is 0 Å². The largest absolute Gasteiger partial charge is 0.465 e. The number of piperidine rings is 1. The van der Waals surface area contributed by atoms with Crippen molar-refractivity contribution in [3.05, 3.63) is 106 Å². The lowest BCUT2D eigenvalue weighted by Crippen LogP contribution is -2.30. The van der Waals surface area contributed by atoms with Crippen LogP contribution in [0.5, 0.6) is 0 Å². The first kappa shape index (κ1) is 20.4. The van der Waals surface area contributed by atoms with Gasteiger partial charge in [0.1, 0.15) is 0 Å². The summed E-state index contributed by atoms with van der Waals surface area (Å²) in [5.74, 6) is -0.288. The van der Waals surface area contributed by atoms with Crippen LogP contribution in [0.3, 0.4) is 0 Å². The molecule has 1 saturated heterocycles. The molecule has 2 heterocycles. The summed E-state index contributed by atoms with van der Waals surface area (Å²) in [6.45, 7) is 2.80. The molecule has 0 bridgehead atoms. The molecule has 0 spiro atoms. The van der Waals surface area contributed by atoms with Crippen LogP contribution in [-0.4, -0.2) is 36.1 Å². The van der Waals surface area contributed by atoms with E-state index in [9.17, 15) is 4.79 Å². The predicted octanol–water partition coefficient (Wildman–Crippen LogP) is 5.45. The Kier molecular flexibility index (Phi) is 5.70. The highest BCUT2D eigenvalue weighted by atomic mass is 16.5. The van der Waals surface area contributed by atoms with Gasteiger partial charge in [0.05, 0.1) is 18.4 Å². The molecule has 2 aliphatic rings. The number of esters is 1. The molecule has 1 aliphatic heterocycles. The summed E-state index contributed by atoms with van der Waals surface area (Å²) in [7, 11) is 1.42. The number of hydrogen-bond acceptors (Lipinski definition) is 4. The van der Waals surface area contributed by atoms with Crippen molar-refractivity contribution in [3.8, 4) is 0 Å². The molecule has 0 atom stereocenters.